The van der Waals surface area contributed by atoms with Crippen molar-refractivity contribution in [1.82, 2.24) is 5.32 Å². The molecule has 0 aliphatic rings. The normalized spacial score (nSPS) is 11.6. The van der Waals surface area contributed by atoms with E-state index in [1.807, 2.05) is 13.8 Å². The van der Waals surface area contributed by atoms with Crippen LogP contribution in [0.15, 0.2) is 18.2 Å². The first-order valence-electron chi connectivity index (χ1n) is 6.67. The third-order valence-corrected chi connectivity index (χ3v) is 3.31. The average molecular weight is 285 g/mol. The monoisotopic (exact) mass is 285 g/mol. The van der Waals surface area contributed by atoms with Gasteiger partial charge in [-0.25, -0.2) is 8.78 Å². The molecule has 0 spiro atoms. The highest BCUT2D eigenvalue weighted by molar-refractivity contribution is 5.66. The van der Waals surface area contributed by atoms with Crippen molar-refractivity contribution in [1.29, 1.82) is 0 Å². The van der Waals surface area contributed by atoms with Gasteiger partial charge in [-0.05, 0) is 42.5 Å². The molecule has 1 aromatic rings. The van der Waals surface area contributed by atoms with Crippen molar-refractivity contribution < 1.29 is 18.7 Å². The van der Waals surface area contributed by atoms with Crippen LogP contribution in [0.25, 0.3) is 0 Å². The van der Waals surface area contributed by atoms with Crippen LogP contribution < -0.4 is 5.32 Å². The lowest BCUT2D eigenvalue weighted by molar-refractivity contribution is -0.137. The maximum absolute atomic E-state index is 13.0. The lowest BCUT2D eigenvalue weighted by Crippen LogP contribution is -2.23. The Morgan fingerprint density at radius 1 is 1.25 bits per heavy atom. The number of carboxylic acids is 1. The molecule has 0 atom stereocenters. The minimum atomic E-state index is -0.844. The zero-order valence-electron chi connectivity index (χ0n) is 11.9. The van der Waals surface area contributed by atoms with Gasteiger partial charge in [0.25, 0.3) is 0 Å². The fourth-order valence-corrected chi connectivity index (χ4v) is 1.88. The molecule has 20 heavy (non-hydrogen) atoms. The Labute approximate surface area is 118 Å². The molecule has 0 fully saturated rings. The van der Waals surface area contributed by atoms with Crippen molar-refractivity contribution in [3.8, 4) is 0 Å². The summed E-state index contributed by atoms with van der Waals surface area (Å²) < 4.78 is 25.7. The number of hydrogen-bond acceptors (Lipinski definition) is 2. The van der Waals surface area contributed by atoms with Crippen LogP contribution in [-0.4, -0.2) is 17.6 Å². The van der Waals surface area contributed by atoms with E-state index >= 15 is 0 Å². The van der Waals surface area contributed by atoms with Crippen molar-refractivity contribution in [3.05, 3.63) is 35.4 Å². The maximum Gasteiger partial charge on any atom is 0.303 e. The molecular formula is C15H21F2NO2. The van der Waals surface area contributed by atoms with E-state index in [-0.39, 0.29) is 11.8 Å². The van der Waals surface area contributed by atoms with Crippen molar-refractivity contribution in [3.63, 3.8) is 0 Å². The molecule has 0 heterocycles. The second-order valence-corrected chi connectivity index (χ2v) is 5.73. The maximum atomic E-state index is 13.0. The lowest BCUT2D eigenvalue weighted by Gasteiger charge is -2.23. The molecule has 1 rings (SSSR count). The topological polar surface area (TPSA) is 49.3 Å². The molecule has 0 unspecified atom stereocenters. The van der Waals surface area contributed by atoms with E-state index in [9.17, 15) is 13.6 Å². The number of nitrogens with one attached hydrogen (secondary N) is 1. The van der Waals surface area contributed by atoms with Crippen LogP contribution in [0.2, 0.25) is 0 Å². The molecule has 0 saturated carbocycles. The molecule has 0 aliphatic carbocycles. The quantitative estimate of drug-likeness (QED) is 0.720. The second-order valence-electron chi connectivity index (χ2n) is 5.73. The largest absolute Gasteiger partial charge is 0.481 e. The first-order valence-corrected chi connectivity index (χ1v) is 6.67. The molecule has 0 radical (unpaired) electrons. The molecular weight excluding hydrogens is 264 g/mol. The molecule has 1 aromatic carbocycles. The van der Waals surface area contributed by atoms with Gasteiger partial charge in [0, 0.05) is 13.0 Å². The predicted octanol–water partition coefficient (Wildman–Crippen LogP) is 3.34. The van der Waals surface area contributed by atoms with Crippen molar-refractivity contribution in [2.75, 3.05) is 6.54 Å². The Bertz CT molecular complexity index is 461. The van der Waals surface area contributed by atoms with Crippen LogP contribution in [0.1, 0.15) is 38.7 Å². The smallest absolute Gasteiger partial charge is 0.303 e. The van der Waals surface area contributed by atoms with Crippen LogP contribution in [0.3, 0.4) is 0 Å². The van der Waals surface area contributed by atoms with Gasteiger partial charge in [-0.3, -0.25) is 4.79 Å². The van der Waals surface area contributed by atoms with Gasteiger partial charge >= 0.3 is 5.97 Å². The highest BCUT2D eigenvalue weighted by Crippen LogP contribution is 2.26. The molecule has 0 aliphatic heterocycles. The standard InChI is InChI=1S/C15H21F2NO2/c1-15(2,6-5-14(19)20)7-8-18-10-11-3-4-12(16)13(17)9-11/h3-4,9,18H,5-8,10H2,1-2H3,(H,19,20). The fraction of sp³-hybridized carbons (Fsp3) is 0.533. The number of aliphatic carboxylic acids is 1. The third kappa shape index (κ3) is 6.10. The molecule has 0 amide bonds. The van der Waals surface area contributed by atoms with E-state index in [1.165, 1.54) is 6.07 Å². The minimum Gasteiger partial charge on any atom is -0.481 e. The number of rotatable bonds is 8. The first kappa shape index (κ1) is 16.6. The number of benzene rings is 1. The predicted molar refractivity (Wildman–Crippen MR) is 73.3 cm³/mol. The van der Waals surface area contributed by atoms with Crippen molar-refractivity contribution in [2.24, 2.45) is 5.41 Å². The number of halogens is 2. The lowest BCUT2D eigenvalue weighted by atomic mass is 9.84. The molecule has 2 N–H and O–H groups in total. The Kier molecular flexibility index (Phi) is 6.07. The molecule has 0 saturated heterocycles. The Balaban J connectivity index is 2.30. The van der Waals surface area contributed by atoms with Gasteiger partial charge in [0.2, 0.25) is 0 Å². The summed E-state index contributed by atoms with van der Waals surface area (Å²) in [7, 11) is 0. The molecule has 0 bridgehead atoms. The van der Waals surface area contributed by atoms with Crippen LogP contribution in [0, 0.1) is 17.0 Å². The summed E-state index contributed by atoms with van der Waals surface area (Å²) in [5, 5.41) is 11.8. The summed E-state index contributed by atoms with van der Waals surface area (Å²) in [5.74, 6) is -2.47. The Morgan fingerprint density at radius 2 is 1.95 bits per heavy atom. The van der Waals surface area contributed by atoms with E-state index in [4.69, 9.17) is 5.11 Å². The van der Waals surface area contributed by atoms with E-state index < -0.39 is 17.6 Å². The van der Waals surface area contributed by atoms with E-state index in [2.05, 4.69) is 5.32 Å². The summed E-state index contributed by atoms with van der Waals surface area (Å²) in [6.07, 6.45) is 1.61. The van der Waals surface area contributed by atoms with Crippen LogP contribution in [0.4, 0.5) is 8.78 Å². The van der Waals surface area contributed by atoms with Gasteiger partial charge in [0.15, 0.2) is 11.6 Å². The van der Waals surface area contributed by atoms with Gasteiger partial charge < -0.3 is 10.4 Å². The summed E-state index contributed by atoms with van der Waals surface area (Å²) >= 11 is 0. The summed E-state index contributed by atoms with van der Waals surface area (Å²) in [6, 6.07) is 3.84. The number of carbonyl (C=O) groups is 1. The Hall–Kier alpha value is -1.49. The zero-order valence-corrected chi connectivity index (χ0v) is 11.9. The summed E-state index contributed by atoms with van der Waals surface area (Å²) in [6.45, 7) is 5.21. The summed E-state index contributed by atoms with van der Waals surface area (Å²) in [5.41, 5.74) is 0.631. The van der Waals surface area contributed by atoms with Gasteiger partial charge in [0.05, 0.1) is 0 Å². The fourth-order valence-electron chi connectivity index (χ4n) is 1.88. The highest BCUT2D eigenvalue weighted by Gasteiger charge is 2.18. The van der Waals surface area contributed by atoms with E-state index in [0.29, 0.717) is 25.1 Å². The molecule has 112 valence electrons. The SMILES string of the molecule is CC(C)(CCNCc1ccc(F)c(F)c1)CCC(=O)O. The van der Waals surface area contributed by atoms with Crippen molar-refractivity contribution >= 4 is 5.97 Å². The van der Waals surface area contributed by atoms with Crippen LogP contribution >= 0.6 is 0 Å². The number of carboxylic acid groups (broad SMARTS) is 1. The zero-order chi connectivity index (χ0) is 15.2. The van der Waals surface area contributed by atoms with Gasteiger partial charge in [-0.2, -0.15) is 0 Å². The number of hydrogen-bond donors (Lipinski definition) is 2. The van der Waals surface area contributed by atoms with Crippen LogP contribution in [-0.2, 0) is 11.3 Å². The first-order chi connectivity index (χ1) is 9.30. The second kappa shape index (κ2) is 7.33. The summed E-state index contributed by atoms with van der Waals surface area (Å²) in [4.78, 5) is 10.5. The average Bonchev–Trinajstić information content (AvgIpc) is 2.37. The van der Waals surface area contributed by atoms with Crippen LogP contribution in [0.5, 0.6) is 0 Å². The highest BCUT2D eigenvalue weighted by atomic mass is 19.2. The van der Waals surface area contributed by atoms with E-state index in [1.54, 1.807) is 6.07 Å². The minimum absolute atomic E-state index is 0.0561. The van der Waals surface area contributed by atoms with Gasteiger partial charge in [0.1, 0.15) is 0 Å². The molecule has 5 heteroatoms. The van der Waals surface area contributed by atoms with Gasteiger partial charge in [-0.15, -0.1) is 0 Å². The van der Waals surface area contributed by atoms with Crippen molar-refractivity contribution in [2.45, 2.75) is 39.7 Å². The van der Waals surface area contributed by atoms with Gasteiger partial charge in [-0.1, -0.05) is 19.9 Å². The molecule has 3 nitrogen and oxygen atoms in total. The third-order valence-electron chi connectivity index (χ3n) is 3.31. The molecule has 0 aromatic heterocycles. The van der Waals surface area contributed by atoms with E-state index in [0.717, 1.165) is 12.5 Å². The Morgan fingerprint density at radius 3 is 2.55 bits per heavy atom.